The largest absolute Gasteiger partial charge is 0.443 e. The van der Waals surface area contributed by atoms with Crippen molar-refractivity contribution < 1.29 is 14.3 Å². The van der Waals surface area contributed by atoms with Crippen LogP contribution in [-0.2, 0) is 16.8 Å². The van der Waals surface area contributed by atoms with Gasteiger partial charge in [0.1, 0.15) is 11.4 Å². The lowest BCUT2D eigenvalue weighted by molar-refractivity contribution is 0.0555. The van der Waals surface area contributed by atoms with Gasteiger partial charge in [-0.05, 0) is 46.4 Å². The van der Waals surface area contributed by atoms with Crippen molar-refractivity contribution in [2.45, 2.75) is 57.0 Å². The standard InChI is InChI=1S/C23H29N5O3S/c1-22(2,3)31-21(30)27-12-11-23(4,16-9-7-8-10-17(16)27)28-14-15-13-24-19(32-6)25-18(15)26(5)20(28)29/h7-10,13H,11-12,14H2,1-6H3. The van der Waals surface area contributed by atoms with Gasteiger partial charge in [0.2, 0.25) is 0 Å². The normalized spacial score (nSPS) is 20.7. The van der Waals surface area contributed by atoms with Crippen LogP contribution in [-0.4, -0.2) is 52.4 Å². The van der Waals surface area contributed by atoms with Crippen LogP contribution >= 0.6 is 11.8 Å². The second kappa shape index (κ2) is 7.95. The summed E-state index contributed by atoms with van der Waals surface area (Å²) in [6.45, 7) is 8.49. The number of nitrogens with zero attached hydrogens (tertiary/aromatic N) is 5. The summed E-state index contributed by atoms with van der Waals surface area (Å²) in [5, 5.41) is 0.638. The lowest BCUT2D eigenvalue weighted by Gasteiger charge is -2.50. The molecule has 1 unspecified atom stereocenters. The minimum Gasteiger partial charge on any atom is -0.443 e. The summed E-state index contributed by atoms with van der Waals surface area (Å²) in [4.78, 5) is 40.5. The second-order valence-electron chi connectivity index (χ2n) is 9.31. The van der Waals surface area contributed by atoms with Crippen LogP contribution < -0.4 is 9.80 Å². The quantitative estimate of drug-likeness (QED) is 0.485. The molecule has 1 atom stereocenters. The van der Waals surface area contributed by atoms with Gasteiger partial charge in [0, 0.05) is 30.9 Å². The highest BCUT2D eigenvalue weighted by molar-refractivity contribution is 7.98. The number of rotatable bonds is 2. The van der Waals surface area contributed by atoms with Crippen LogP contribution in [0.25, 0.3) is 0 Å². The van der Waals surface area contributed by atoms with E-state index in [-0.39, 0.29) is 12.1 Å². The van der Waals surface area contributed by atoms with Crippen molar-refractivity contribution in [3.63, 3.8) is 0 Å². The van der Waals surface area contributed by atoms with Crippen molar-refractivity contribution in [1.82, 2.24) is 14.9 Å². The highest BCUT2D eigenvalue weighted by Gasteiger charge is 2.47. The molecule has 1 aromatic carbocycles. The Morgan fingerprint density at radius 3 is 2.66 bits per heavy atom. The highest BCUT2D eigenvalue weighted by atomic mass is 32.2. The zero-order valence-corrected chi connectivity index (χ0v) is 20.2. The number of urea groups is 1. The topological polar surface area (TPSA) is 78.9 Å². The third-order valence-electron chi connectivity index (χ3n) is 5.97. The Bertz CT molecular complexity index is 1070. The molecule has 0 aliphatic carbocycles. The molecule has 2 aliphatic heterocycles. The van der Waals surface area contributed by atoms with Crippen molar-refractivity contribution in [3.8, 4) is 0 Å². The summed E-state index contributed by atoms with van der Waals surface area (Å²) < 4.78 is 5.63. The molecule has 8 nitrogen and oxygen atoms in total. The van der Waals surface area contributed by atoms with Crippen molar-refractivity contribution >= 4 is 35.4 Å². The van der Waals surface area contributed by atoms with Gasteiger partial charge in [-0.25, -0.2) is 19.6 Å². The van der Waals surface area contributed by atoms with Crippen LogP contribution in [0.15, 0.2) is 35.6 Å². The first-order valence-corrected chi connectivity index (χ1v) is 11.8. The molecule has 3 heterocycles. The fourth-order valence-corrected chi connectivity index (χ4v) is 4.65. The molecule has 170 valence electrons. The van der Waals surface area contributed by atoms with E-state index in [0.717, 1.165) is 16.8 Å². The van der Waals surface area contributed by atoms with Crippen LogP contribution in [0.5, 0.6) is 0 Å². The Balaban J connectivity index is 1.72. The minimum absolute atomic E-state index is 0.119. The molecule has 4 rings (SSSR count). The molecule has 0 bridgehead atoms. The molecule has 2 aliphatic rings. The van der Waals surface area contributed by atoms with Gasteiger partial charge in [0.15, 0.2) is 5.16 Å². The number of anilines is 2. The van der Waals surface area contributed by atoms with Crippen LogP contribution in [0.3, 0.4) is 0 Å². The maximum atomic E-state index is 13.5. The van der Waals surface area contributed by atoms with Crippen LogP contribution in [0.1, 0.15) is 45.2 Å². The van der Waals surface area contributed by atoms with E-state index in [0.29, 0.717) is 30.5 Å². The first kappa shape index (κ1) is 22.4. The van der Waals surface area contributed by atoms with E-state index in [9.17, 15) is 9.59 Å². The monoisotopic (exact) mass is 455 g/mol. The van der Waals surface area contributed by atoms with E-state index < -0.39 is 11.1 Å². The molecule has 2 aromatic rings. The smallest absolute Gasteiger partial charge is 0.414 e. The number of hydrogen-bond acceptors (Lipinski definition) is 6. The van der Waals surface area contributed by atoms with E-state index >= 15 is 0 Å². The Kier molecular flexibility index (Phi) is 5.56. The first-order chi connectivity index (χ1) is 15.0. The number of thioether (sulfide) groups is 1. The number of hydrogen-bond donors (Lipinski definition) is 0. The first-order valence-electron chi connectivity index (χ1n) is 10.6. The third kappa shape index (κ3) is 3.79. The SMILES string of the molecule is CSc1ncc2c(n1)N(C)C(=O)N(C1(C)CCN(C(=O)OC(C)(C)C)c3ccccc31)C2. The number of para-hydroxylation sites is 1. The van der Waals surface area contributed by atoms with E-state index in [1.54, 1.807) is 23.0 Å². The molecule has 0 saturated carbocycles. The average molecular weight is 456 g/mol. The Labute approximate surface area is 192 Å². The van der Waals surface area contributed by atoms with Gasteiger partial charge in [-0.3, -0.25) is 9.80 Å². The zero-order valence-electron chi connectivity index (χ0n) is 19.4. The van der Waals surface area contributed by atoms with E-state index in [1.807, 2.05) is 56.2 Å². The lowest BCUT2D eigenvalue weighted by atomic mass is 9.81. The maximum absolute atomic E-state index is 13.5. The highest BCUT2D eigenvalue weighted by Crippen LogP contribution is 2.45. The molecular formula is C23H29N5O3S. The van der Waals surface area contributed by atoms with Crippen LogP contribution in [0.4, 0.5) is 21.1 Å². The molecule has 0 saturated heterocycles. The van der Waals surface area contributed by atoms with E-state index in [2.05, 4.69) is 16.9 Å². The predicted octanol–water partition coefficient (Wildman–Crippen LogP) is 4.63. The zero-order chi connectivity index (χ0) is 23.3. The number of carbonyl (C=O) groups is 2. The van der Waals surface area contributed by atoms with Gasteiger partial charge in [-0.2, -0.15) is 0 Å². The Morgan fingerprint density at radius 2 is 1.97 bits per heavy atom. The van der Waals surface area contributed by atoms with Crippen molar-refractivity contribution in [2.75, 3.05) is 29.6 Å². The minimum atomic E-state index is -0.601. The van der Waals surface area contributed by atoms with Crippen molar-refractivity contribution in [2.24, 2.45) is 0 Å². The molecule has 32 heavy (non-hydrogen) atoms. The summed E-state index contributed by atoms with van der Waals surface area (Å²) in [5.41, 5.74) is 1.40. The van der Waals surface area contributed by atoms with Gasteiger partial charge in [0.05, 0.1) is 17.8 Å². The molecule has 0 N–H and O–H groups in total. The van der Waals surface area contributed by atoms with Crippen LogP contribution in [0, 0.1) is 0 Å². The number of aromatic nitrogens is 2. The molecular weight excluding hydrogens is 426 g/mol. The number of benzene rings is 1. The van der Waals surface area contributed by atoms with Crippen LogP contribution in [0.2, 0.25) is 0 Å². The molecule has 0 spiro atoms. The van der Waals surface area contributed by atoms with Crippen molar-refractivity contribution in [1.29, 1.82) is 0 Å². The molecule has 1 aromatic heterocycles. The fraction of sp³-hybridized carbons (Fsp3) is 0.478. The van der Waals surface area contributed by atoms with Gasteiger partial charge in [-0.15, -0.1) is 0 Å². The molecule has 9 heteroatoms. The summed E-state index contributed by atoms with van der Waals surface area (Å²) in [7, 11) is 1.75. The average Bonchev–Trinajstić information content (AvgIpc) is 2.75. The molecule has 0 fully saturated rings. The second-order valence-corrected chi connectivity index (χ2v) is 10.1. The van der Waals surface area contributed by atoms with Gasteiger partial charge in [0.25, 0.3) is 0 Å². The molecule has 0 radical (unpaired) electrons. The Morgan fingerprint density at radius 1 is 1.25 bits per heavy atom. The summed E-state index contributed by atoms with van der Waals surface area (Å²) in [6.07, 6.45) is 3.92. The molecule has 3 amide bonds. The van der Waals surface area contributed by atoms with Crippen molar-refractivity contribution in [3.05, 3.63) is 41.6 Å². The summed E-state index contributed by atoms with van der Waals surface area (Å²) in [6, 6.07) is 7.62. The maximum Gasteiger partial charge on any atom is 0.414 e. The summed E-state index contributed by atoms with van der Waals surface area (Å²) in [5.74, 6) is 0.647. The van der Waals surface area contributed by atoms with Gasteiger partial charge >= 0.3 is 12.1 Å². The van der Waals surface area contributed by atoms with Gasteiger partial charge in [-0.1, -0.05) is 30.0 Å². The predicted molar refractivity (Wildman–Crippen MR) is 125 cm³/mol. The number of ether oxygens (including phenoxy) is 1. The fourth-order valence-electron chi connectivity index (χ4n) is 4.31. The number of carbonyl (C=O) groups excluding carboxylic acids is 2. The van der Waals surface area contributed by atoms with Gasteiger partial charge < -0.3 is 9.64 Å². The number of fused-ring (bicyclic) bond motifs is 2. The third-order valence-corrected chi connectivity index (χ3v) is 6.53. The lowest BCUT2D eigenvalue weighted by Crippen LogP contribution is -2.58. The van der Waals surface area contributed by atoms with E-state index in [4.69, 9.17) is 4.74 Å². The number of amides is 3. The Hall–Kier alpha value is -2.81. The summed E-state index contributed by atoms with van der Waals surface area (Å²) >= 11 is 1.45. The van der Waals surface area contributed by atoms with E-state index in [1.165, 1.54) is 11.8 Å².